The first-order valence-corrected chi connectivity index (χ1v) is 7.33. The van der Waals surface area contributed by atoms with Crippen LogP contribution in [0.1, 0.15) is 33.6 Å². The first-order valence-electron chi connectivity index (χ1n) is 7.33. The molecule has 0 aliphatic carbocycles. The molecule has 5 nitrogen and oxygen atoms in total. The number of anilines is 1. The molecule has 22 heavy (non-hydrogen) atoms. The number of halogens is 1. The van der Waals surface area contributed by atoms with Crippen molar-refractivity contribution in [2.24, 2.45) is 5.73 Å². The molecule has 0 unspecified atom stereocenters. The van der Waals surface area contributed by atoms with Crippen molar-refractivity contribution in [2.75, 3.05) is 11.9 Å². The number of rotatable bonds is 4. The van der Waals surface area contributed by atoms with E-state index < -0.39 is 6.10 Å². The molecule has 3 N–H and O–H groups in total. The van der Waals surface area contributed by atoms with E-state index in [0.29, 0.717) is 6.54 Å². The minimum Gasteiger partial charge on any atom is -0.488 e. The monoisotopic (exact) mass is 328 g/mol. The molecule has 1 aliphatic heterocycles. The molecule has 1 heterocycles. The van der Waals surface area contributed by atoms with E-state index in [-0.39, 0.29) is 30.0 Å². The molecule has 1 fully saturated rings. The summed E-state index contributed by atoms with van der Waals surface area (Å²) >= 11 is 0. The smallest absolute Gasteiger partial charge is 0.253 e. The van der Waals surface area contributed by atoms with Crippen LogP contribution in [0.3, 0.4) is 0 Å². The molecule has 1 aliphatic rings. The van der Waals surface area contributed by atoms with Crippen molar-refractivity contribution in [2.45, 2.75) is 51.4 Å². The van der Waals surface area contributed by atoms with Gasteiger partial charge in [-0.1, -0.05) is 0 Å². The van der Waals surface area contributed by atoms with Gasteiger partial charge in [-0.25, -0.2) is 0 Å². The molecule has 0 bridgehead atoms. The molecule has 0 aromatic heterocycles. The molecule has 2 rings (SSSR count). The van der Waals surface area contributed by atoms with Gasteiger partial charge in [0.1, 0.15) is 17.5 Å². The number of amides is 1. The molecular formula is C16H25ClN2O3. The van der Waals surface area contributed by atoms with Crippen molar-refractivity contribution in [1.29, 1.82) is 0 Å². The lowest BCUT2D eigenvalue weighted by Gasteiger charge is -2.21. The van der Waals surface area contributed by atoms with Crippen LogP contribution in [0.2, 0.25) is 0 Å². The van der Waals surface area contributed by atoms with Gasteiger partial charge in [-0.3, -0.25) is 4.79 Å². The van der Waals surface area contributed by atoms with E-state index in [9.17, 15) is 4.79 Å². The Balaban J connectivity index is 0.00000242. The van der Waals surface area contributed by atoms with E-state index >= 15 is 0 Å². The molecular weight excluding hydrogens is 304 g/mol. The van der Waals surface area contributed by atoms with Gasteiger partial charge in [-0.05, 0) is 57.9 Å². The number of carbonyl (C=O) groups is 1. The summed E-state index contributed by atoms with van der Waals surface area (Å²) in [4.78, 5) is 12.1. The predicted molar refractivity (Wildman–Crippen MR) is 89.7 cm³/mol. The third-order valence-corrected chi connectivity index (χ3v) is 3.21. The van der Waals surface area contributed by atoms with Gasteiger partial charge in [0.15, 0.2) is 0 Å². The maximum Gasteiger partial charge on any atom is 0.253 e. The maximum absolute atomic E-state index is 12.1. The molecule has 6 heteroatoms. The molecule has 0 spiro atoms. The summed E-state index contributed by atoms with van der Waals surface area (Å²) in [7, 11) is 0. The van der Waals surface area contributed by atoms with Crippen LogP contribution in [0.25, 0.3) is 0 Å². The second kappa shape index (κ2) is 7.81. The van der Waals surface area contributed by atoms with Crippen LogP contribution in [0.5, 0.6) is 5.75 Å². The quantitative estimate of drug-likeness (QED) is 0.891. The Hall–Kier alpha value is -1.30. The van der Waals surface area contributed by atoms with Gasteiger partial charge in [-0.15, -0.1) is 12.4 Å². The highest BCUT2D eigenvalue weighted by atomic mass is 35.5. The van der Waals surface area contributed by atoms with Gasteiger partial charge in [-0.2, -0.15) is 0 Å². The summed E-state index contributed by atoms with van der Waals surface area (Å²) in [6.07, 6.45) is 1.17. The van der Waals surface area contributed by atoms with E-state index in [1.54, 1.807) is 0 Å². The van der Waals surface area contributed by atoms with Gasteiger partial charge < -0.3 is 20.5 Å². The highest BCUT2D eigenvalue weighted by Gasteiger charge is 2.29. The average Bonchev–Trinajstić information content (AvgIpc) is 2.88. The van der Waals surface area contributed by atoms with Crippen LogP contribution < -0.4 is 15.8 Å². The fraction of sp³-hybridized carbons (Fsp3) is 0.562. The Labute approximate surface area is 138 Å². The van der Waals surface area contributed by atoms with E-state index in [4.69, 9.17) is 15.2 Å². The molecule has 0 radical (unpaired) electrons. The van der Waals surface area contributed by atoms with E-state index in [0.717, 1.165) is 24.3 Å². The van der Waals surface area contributed by atoms with Crippen molar-refractivity contribution in [1.82, 2.24) is 0 Å². The number of nitrogens with one attached hydrogen (secondary N) is 1. The molecule has 1 aromatic carbocycles. The number of ether oxygens (including phenoxy) is 2. The molecule has 124 valence electrons. The normalized spacial score (nSPS) is 21.1. The van der Waals surface area contributed by atoms with Crippen molar-refractivity contribution in [3.05, 3.63) is 24.3 Å². The summed E-state index contributed by atoms with van der Waals surface area (Å²) in [6, 6.07) is 7.35. The number of nitrogens with two attached hydrogens (primary N) is 1. The molecule has 1 amide bonds. The zero-order valence-electron chi connectivity index (χ0n) is 13.3. The second-order valence-electron chi connectivity index (χ2n) is 6.29. The Morgan fingerprint density at radius 2 is 1.95 bits per heavy atom. The lowest BCUT2D eigenvalue weighted by Crippen LogP contribution is -2.29. The minimum absolute atomic E-state index is 0. The fourth-order valence-electron chi connectivity index (χ4n) is 2.25. The van der Waals surface area contributed by atoms with Crippen LogP contribution in [-0.2, 0) is 9.53 Å². The lowest BCUT2D eigenvalue weighted by molar-refractivity contribution is -0.126. The molecule has 1 saturated heterocycles. The fourth-order valence-corrected chi connectivity index (χ4v) is 2.25. The highest BCUT2D eigenvalue weighted by molar-refractivity contribution is 5.94. The van der Waals surface area contributed by atoms with Crippen molar-refractivity contribution < 1.29 is 14.3 Å². The zero-order valence-corrected chi connectivity index (χ0v) is 14.1. The second-order valence-corrected chi connectivity index (χ2v) is 6.29. The first kappa shape index (κ1) is 18.7. The van der Waals surface area contributed by atoms with Crippen molar-refractivity contribution >= 4 is 24.0 Å². The topological polar surface area (TPSA) is 73.6 Å². The van der Waals surface area contributed by atoms with Crippen molar-refractivity contribution in [3.63, 3.8) is 0 Å². The third kappa shape index (κ3) is 5.48. The molecule has 2 atom stereocenters. The zero-order chi connectivity index (χ0) is 15.5. The number of benzene rings is 1. The summed E-state index contributed by atoms with van der Waals surface area (Å²) in [5, 5.41) is 2.86. The van der Waals surface area contributed by atoms with Crippen LogP contribution in [-0.4, -0.2) is 30.3 Å². The summed E-state index contributed by atoms with van der Waals surface area (Å²) in [5.74, 6) is 0.663. The standard InChI is InChI=1S/C16H24N2O3.ClH/c1-16(2,3)21-12-6-4-11(5-7-12)18-15(19)14-9-8-13(10-17)20-14;/h4-7,13-14H,8-10,17H2,1-3H3,(H,18,19);1H/t13-,14+;/m1./s1. The Morgan fingerprint density at radius 3 is 2.45 bits per heavy atom. The van der Waals surface area contributed by atoms with Gasteiger partial charge in [0.25, 0.3) is 5.91 Å². The number of hydrogen-bond donors (Lipinski definition) is 2. The van der Waals surface area contributed by atoms with Gasteiger partial charge in [0, 0.05) is 12.2 Å². The SMILES string of the molecule is CC(C)(C)Oc1ccc(NC(=O)[C@@H]2CC[C@H](CN)O2)cc1.Cl. The first-order chi connectivity index (χ1) is 9.87. The van der Waals surface area contributed by atoms with Gasteiger partial charge in [0.05, 0.1) is 6.10 Å². The van der Waals surface area contributed by atoms with E-state index in [2.05, 4.69) is 5.32 Å². The Morgan fingerprint density at radius 1 is 1.32 bits per heavy atom. The predicted octanol–water partition coefficient (Wildman–Crippen LogP) is 2.73. The molecule has 1 aromatic rings. The highest BCUT2D eigenvalue weighted by Crippen LogP contribution is 2.23. The average molecular weight is 329 g/mol. The number of carbonyl (C=O) groups excluding carboxylic acids is 1. The van der Waals surface area contributed by atoms with Gasteiger partial charge in [0.2, 0.25) is 0 Å². The maximum atomic E-state index is 12.1. The molecule has 0 saturated carbocycles. The Kier molecular flexibility index (Phi) is 6.66. The third-order valence-electron chi connectivity index (χ3n) is 3.21. The Bertz CT molecular complexity index is 485. The van der Waals surface area contributed by atoms with Crippen LogP contribution in [0.4, 0.5) is 5.69 Å². The lowest BCUT2D eigenvalue weighted by atomic mass is 10.2. The van der Waals surface area contributed by atoms with Crippen LogP contribution in [0, 0.1) is 0 Å². The number of hydrogen-bond acceptors (Lipinski definition) is 4. The van der Waals surface area contributed by atoms with Crippen molar-refractivity contribution in [3.8, 4) is 5.75 Å². The van der Waals surface area contributed by atoms with Crippen LogP contribution in [0.15, 0.2) is 24.3 Å². The van der Waals surface area contributed by atoms with Crippen LogP contribution >= 0.6 is 12.4 Å². The summed E-state index contributed by atoms with van der Waals surface area (Å²) < 4.78 is 11.3. The summed E-state index contributed by atoms with van der Waals surface area (Å²) in [5.41, 5.74) is 6.05. The summed E-state index contributed by atoms with van der Waals surface area (Å²) in [6.45, 7) is 6.44. The van der Waals surface area contributed by atoms with Gasteiger partial charge >= 0.3 is 0 Å². The largest absolute Gasteiger partial charge is 0.488 e. The van der Waals surface area contributed by atoms with E-state index in [1.807, 2.05) is 45.0 Å². The van der Waals surface area contributed by atoms with E-state index in [1.165, 1.54) is 0 Å². The minimum atomic E-state index is -0.399.